The fourth-order valence-corrected chi connectivity index (χ4v) is 2.25. The van der Waals surface area contributed by atoms with Crippen molar-refractivity contribution in [2.75, 3.05) is 14.2 Å². The highest BCUT2D eigenvalue weighted by Crippen LogP contribution is 2.38. The first kappa shape index (κ1) is 12.4. The van der Waals surface area contributed by atoms with Gasteiger partial charge in [-0.1, -0.05) is 19.1 Å². The molecule has 3 nitrogen and oxygen atoms in total. The molecule has 1 aliphatic carbocycles. The van der Waals surface area contributed by atoms with Crippen LogP contribution in [0.15, 0.2) is 24.8 Å². The zero-order valence-corrected chi connectivity index (χ0v) is 9.64. The van der Waals surface area contributed by atoms with Crippen LogP contribution in [0.4, 0.5) is 0 Å². The predicted molar refractivity (Wildman–Crippen MR) is 59.4 cm³/mol. The van der Waals surface area contributed by atoms with Gasteiger partial charge in [0, 0.05) is 20.1 Å². The van der Waals surface area contributed by atoms with Gasteiger partial charge in [-0.2, -0.15) is 0 Å². The van der Waals surface area contributed by atoms with Crippen LogP contribution < -0.4 is 0 Å². The van der Waals surface area contributed by atoms with Crippen molar-refractivity contribution < 1.29 is 14.6 Å². The maximum absolute atomic E-state index is 9.85. The van der Waals surface area contributed by atoms with Crippen LogP contribution >= 0.6 is 0 Å². The summed E-state index contributed by atoms with van der Waals surface area (Å²) in [6, 6.07) is 0. The van der Waals surface area contributed by atoms with Gasteiger partial charge in [0.1, 0.15) is 0 Å². The first-order valence-corrected chi connectivity index (χ1v) is 5.20. The highest BCUT2D eigenvalue weighted by molar-refractivity contribution is 5.11. The summed E-state index contributed by atoms with van der Waals surface area (Å²) in [5, 5.41) is 9.85. The van der Waals surface area contributed by atoms with Crippen LogP contribution in [0.25, 0.3) is 0 Å². The Morgan fingerprint density at radius 1 is 1.47 bits per heavy atom. The Bertz CT molecular complexity index is 243. The molecule has 0 bridgehead atoms. The minimum atomic E-state index is -0.715. The molecule has 0 amide bonds. The van der Waals surface area contributed by atoms with E-state index in [0.717, 1.165) is 6.42 Å². The van der Waals surface area contributed by atoms with Gasteiger partial charge in [-0.05, 0) is 18.4 Å². The summed E-state index contributed by atoms with van der Waals surface area (Å²) in [5.41, 5.74) is 0. The lowest BCUT2D eigenvalue weighted by Gasteiger charge is -2.42. The van der Waals surface area contributed by atoms with Crippen molar-refractivity contribution in [1.29, 1.82) is 0 Å². The van der Waals surface area contributed by atoms with Crippen LogP contribution in [0.2, 0.25) is 0 Å². The molecule has 1 rings (SSSR count). The van der Waals surface area contributed by atoms with Gasteiger partial charge in [0.15, 0.2) is 5.79 Å². The summed E-state index contributed by atoms with van der Waals surface area (Å²) < 4.78 is 10.8. The molecule has 0 saturated carbocycles. The van der Waals surface area contributed by atoms with Gasteiger partial charge in [0.25, 0.3) is 0 Å². The highest BCUT2D eigenvalue weighted by Gasteiger charge is 2.43. The quantitative estimate of drug-likeness (QED) is 0.570. The van der Waals surface area contributed by atoms with Crippen LogP contribution in [0.3, 0.4) is 0 Å². The molecule has 0 radical (unpaired) electrons. The summed E-state index contributed by atoms with van der Waals surface area (Å²) in [5.74, 6) is -0.537. The molecule has 3 atom stereocenters. The Hall–Kier alpha value is -0.640. The predicted octanol–water partition coefficient (Wildman–Crippen LogP) is 1.73. The van der Waals surface area contributed by atoms with Crippen LogP contribution in [0.5, 0.6) is 0 Å². The van der Waals surface area contributed by atoms with Gasteiger partial charge >= 0.3 is 0 Å². The number of hydrogen-bond acceptors (Lipinski definition) is 3. The number of aliphatic hydroxyl groups excluding tert-OH is 1. The molecule has 3 unspecified atom stereocenters. The molecule has 0 spiro atoms. The number of rotatable bonds is 4. The van der Waals surface area contributed by atoms with Gasteiger partial charge in [0.2, 0.25) is 0 Å². The normalized spacial score (nSPS) is 34.0. The molecule has 0 aromatic carbocycles. The third-order valence-electron chi connectivity index (χ3n) is 3.32. The zero-order valence-electron chi connectivity index (χ0n) is 9.64. The molecular formula is C12H20O3. The molecule has 15 heavy (non-hydrogen) atoms. The second-order valence-electron chi connectivity index (χ2n) is 3.96. The van der Waals surface area contributed by atoms with Crippen molar-refractivity contribution in [3.05, 3.63) is 24.8 Å². The van der Waals surface area contributed by atoms with E-state index in [2.05, 4.69) is 6.58 Å². The number of aliphatic hydroxyl groups is 1. The molecule has 0 fully saturated rings. The van der Waals surface area contributed by atoms with E-state index in [1.54, 1.807) is 26.4 Å². The second kappa shape index (κ2) is 4.92. The zero-order chi connectivity index (χ0) is 11.5. The van der Waals surface area contributed by atoms with E-state index in [1.165, 1.54) is 0 Å². The fourth-order valence-electron chi connectivity index (χ4n) is 2.25. The molecule has 0 aromatic rings. The summed E-state index contributed by atoms with van der Waals surface area (Å²) in [6.45, 7) is 5.73. The van der Waals surface area contributed by atoms with Crippen molar-refractivity contribution in [2.24, 2.45) is 11.8 Å². The number of ether oxygens (including phenoxy) is 2. The first-order valence-electron chi connectivity index (χ1n) is 5.20. The van der Waals surface area contributed by atoms with Crippen LogP contribution in [-0.2, 0) is 9.47 Å². The molecule has 86 valence electrons. The van der Waals surface area contributed by atoms with E-state index in [9.17, 15) is 5.11 Å². The third-order valence-corrected chi connectivity index (χ3v) is 3.32. The van der Waals surface area contributed by atoms with Gasteiger partial charge < -0.3 is 14.6 Å². The smallest absolute Gasteiger partial charge is 0.190 e. The van der Waals surface area contributed by atoms with Gasteiger partial charge in [-0.25, -0.2) is 0 Å². The average Bonchev–Trinajstić information content (AvgIpc) is 2.26. The standard InChI is InChI=1S/C12H20O3/c1-5-6-10-9(2)12(14-3,15-4)8-7-11(10)13/h5,7-11,13H,1,6H2,2-4H3. The van der Waals surface area contributed by atoms with Gasteiger partial charge in [0.05, 0.1) is 6.10 Å². The van der Waals surface area contributed by atoms with Crippen LogP contribution in [-0.4, -0.2) is 31.2 Å². The molecule has 0 saturated heterocycles. The summed E-state index contributed by atoms with van der Waals surface area (Å²) in [7, 11) is 3.24. The monoisotopic (exact) mass is 212 g/mol. The molecule has 0 aromatic heterocycles. The van der Waals surface area contributed by atoms with Gasteiger partial charge in [-0.3, -0.25) is 0 Å². The highest BCUT2D eigenvalue weighted by atomic mass is 16.7. The summed E-state index contributed by atoms with van der Waals surface area (Å²) in [6.07, 6.45) is 5.65. The van der Waals surface area contributed by atoms with E-state index in [1.807, 2.05) is 13.0 Å². The van der Waals surface area contributed by atoms with E-state index in [-0.39, 0.29) is 11.8 Å². The molecule has 0 aliphatic heterocycles. The van der Waals surface area contributed by atoms with E-state index < -0.39 is 11.9 Å². The molecule has 0 heterocycles. The van der Waals surface area contributed by atoms with E-state index in [4.69, 9.17) is 9.47 Å². The maximum atomic E-state index is 9.85. The second-order valence-corrected chi connectivity index (χ2v) is 3.96. The minimum Gasteiger partial charge on any atom is -0.389 e. The first-order chi connectivity index (χ1) is 7.11. The van der Waals surface area contributed by atoms with Crippen molar-refractivity contribution in [3.63, 3.8) is 0 Å². The topological polar surface area (TPSA) is 38.7 Å². The lowest BCUT2D eigenvalue weighted by atomic mass is 9.76. The van der Waals surface area contributed by atoms with E-state index >= 15 is 0 Å². The van der Waals surface area contributed by atoms with Gasteiger partial charge in [-0.15, -0.1) is 6.58 Å². The molecule has 1 aliphatic rings. The molecule has 3 heteroatoms. The maximum Gasteiger partial charge on any atom is 0.190 e. The Kier molecular flexibility index (Phi) is 4.08. The minimum absolute atomic E-state index is 0.0884. The lowest BCUT2D eigenvalue weighted by molar-refractivity contribution is -0.221. The average molecular weight is 212 g/mol. The summed E-state index contributed by atoms with van der Waals surface area (Å²) in [4.78, 5) is 0. The van der Waals surface area contributed by atoms with Crippen molar-refractivity contribution in [2.45, 2.75) is 25.2 Å². The third kappa shape index (κ3) is 2.14. The largest absolute Gasteiger partial charge is 0.389 e. The molecular weight excluding hydrogens is 192 g/mol. The van der Waals surface area contributed by atoms with Crippen LogP contribution in [0, 0.1) is 11.8 Å². The Labute approximate surface area is 91.4 Å². The Morgan fingerprint density at radius 3 is 2.53 bits per heavy atom. The number of hydrogen-bond donors (Lipinski definition) is 1. The fraction of sp³-hybridized carbons (Fsp3) is 0.667. The lowest BCUT2D eigenvalue weighted by Crippen LogP contribution is -2.48. The van der Waals surface area contributed by atoms with Crippen molar-refractivity contribution in [3.8, 4) is 0 Å². The van der Waals surface area contributed by atoms with Crippen molar-refractivity contribution in [1.82, 2.24) is 0 Å². The van der Waals surface area contributed by atoms with Crippen molar-refractivity contribution >= 4 is 0 Å². The SMILES string of the molecule is C=CCC1C(O)C=CC(OC)(OC)C1C. The van der Waals surface area contributed by atoms with Crippen LogP contribution in [0.1, 0.15) is 13.3 Å². The number of allylic oxidation sites excluding steroid dienone is 1. The number of methoxy groups -OCH3 is 2. The van der Waals surface area contributed by atoms with E-state index in [0.29, 0.717) is 0 Å². The summed E-state index contributed by atoms with van der Waals surface area (Å²) >= 11 is 0. The Morgan fingerprint density at radius 2 is 2.07 bits per heavy atom. The Balaban J connectivity index is 2.95. The molecule has 1 N–H and O–H groups in total.